The third-order valence-electron chi connectivity index (χ3n) is 6.74. The zero-order chi connectivity index (χ0) is 21.9. The van der Waals surface area contributed by atoms with Gasteiger partial charge in [0, 0.05) is 11.6 Å². The summed E-state index contributed by atoms with van der Waals surface area (Å²) in [5, 5.41) is 0. The Morgan fingerprint density at radius 2 is 1.55 bits per heavy atom. The molecule has 0 N–H and O–H groups in total. The lowest BCUT2D eigenvalue weighted by atomic mass is 9.79. The van der Waals surface area contributed by atoms with Gasteiger partial charge < -0.3 is 4.90 Å². The molecule has 2 aromatic rings. The van der Waals surface area contributed by atoms with Crippen molar-refractivity contribution in [2.75, 3.05) is 0 Å². The highest BCUT2D eigenvalue weighted by molar-refractivity contribution is 6.09. The van der Waals surface area contributed by atoms with Crippen LogP contribution in [0, 0.1) is 17.3 Å². The second kappa shape index (κ2) is 6.91. The van der Waals surface area contributed by atoms with E-state index in [1.807, 2.05) is 92.5 Å². The fraction of sp³-hybridized carbons (Fsp3) is 0.346. The Kier molecular flexibility index (Phi) is 4.40. The smallest absolute Gasteiger partial charge is 0.236 e. The highest BCUT2D eigenvalue weighted by atomic mass is 16.2. The van der Waals surface area contributed by atoms with E-state index < -0.39 is 23.3 Å². The van der Waals surface area contributed by atoms with Gasteiger partial charge in [-0.3, -0.25) is 19.3 Å². The number of hydrogen-bond acceptors (Lipinski definition) is 4. The molecule has 3 aliphatic heterocycles. The predicted molar refractivity (Wildman–Crippen MR) is 117 cm³/mol. The average Bonchev–Trinajstić information content (AvgIpc) is 3.22. The van der Waals surface area contributed by atoms with Gasteiger partial charge in [0.15, 0.2) is 5.78 Å². The normalized spacial score (nSPS) is 26.7. The number of hydrogen-bond donors (Lipinski definition) is 0. The average molecular weight is 415 g/mol. The molecular weight excluding hydrogens is 388 g/mol. The van der Waals surface area contributed by atoms with Crippen molar-refractivity contribution in [1.82, 2.24) is 9.80 Å². The molecule has 3 heterocycles. The minimum Gasteiger partial charge on any atom is -0.359 e. The lowest BCUT2D eigenvalue weighted by molar-refractivity contribution is -0.144. The van der Waals surface area contributed by atoms with Crippen molar-refractivity contribution < 1.29 is 14.4 Å². The van der Waals surface area contributed by atoms with Gasteiger partial charge in [0.1, 0.15) is 6.04 Å². The van der Waals surface area contributed by atoms with Crippen LogP contribution in [0.3, 0.4) is 0 Å². The Bertz CT molecular complexity index is 1100. The highest BCUT2D eigenvalue weighted by Crippen LogP contribution is 2.53. The molecular formula is C26H26N2O3. The molecule has 5 nitrogen and oxygen atoms in total. The van der Waals surface area contributed by atoms with E-state index in [4.69, 9.17) is 0 Å². The molecule has 2 amide bonds. The van der Waals surface area contributed by atoms with E-state index in [1.165, 1.54) is 4.90 Å². The van der Waals surface area contributed by atoms with Gasteiger partial charge >= 0.3 is 0 Å². The van der Waals surface area contributed by atoms with E-state index in [-0.39, 0.29) is 30.2 Å². The van der Waals surface area contributed by atoms with Crippen molar-refractivity contribution >= 4 is 23.7 Å². The van der Waals surface area contributed by atoms with Gasteiger partial charge in [-0.25, -0.2) is 0 Å². The van der Waals surface area contributed by atoms with E-state index in [9.17, 15) is 14.4 Å². The van der Waals surface area contributed by atoms with Crippen LogP contribution in [0.25, 0.3) is 6.08 Å². The SMILES string of the molecule is CC(C)(C)C(=O)[C@H]1[C@@H]2C(=O)N(Cc3ccccc3)C(=O)[C@@H]2[C@H]2c3ccccc3C=CN21. The molecule has 2 saturated heterocycles. The zero-order valence-electron chi connectivity index (χ0n) is 18.0. The van der Waals surface area contributed by atoms with Crippen LogP contribution in [-0.2, 0) is 20.9 Å². The summed E-state index contributed by atoms with van der Waals surface area (Å²) in [6.07, 6.45) is 3.88. The second-order valence-electron chi connectivity index (χ2n) is 9.70. The zero-order valence-corrected chi connectivity index (χ0v) is 18.0. The van der Waals surface area contributed by atoms with E-state index in [0.717, 1.165) is 16.7 Å². The summed E-state index contributed by atoms with van der Waals surface area (Å²) in [5.41, 5.74) is 2.33. The molecule has 3 aliphatic rings. The molecule has 0 radical (unpaired) electrons. The molecule has 158 valence electrons. The number of carbonyl (C=O) groups is 3. The van der Waals surface area contributed by atoms with Crippen LogP contribution < -0.4 is 0 Å². The van der Waals surface area contributed by atoms with Crippen molar-refractivity contribution in [3.63, 3.8) is 0 Å². The molecule has 0 aliphatic carbocycles. The van der Waals surface area contributed by atoms with Crippen LogP contribution in [0.2, 0.25) is 0 Å². The molecule has 31 heavy (non-hydrogen) atoms. The molecule has 0 spiro atoms. The largest absolute Gasteiger partial charge is 0.359 e. The number of likely N-dealkylation sites (tertiary alicyclic amines) is 1. The van der Waals surface area contributed by atoms with Gasteiger partial charge in [-0.15, -0.1) is 0 Å². The van der Waals surface area contributed by atoms with E-state index >= 15 is 0 Å². The number of rotatable bonds is 3. The summed E-state index contributed by atoms with van der Waals surface area (Å²) in [5.74, 6) is -1.64. The van der Waals surface area contributed by atoms with Crippen molar-refractivity contribution in [1.29, 1.82) is 0 Å². The summed E-state index contributed by atoms with van der Waals surface area (Å²) >= 11 is 0. The van der Waals surface area contributed by atoms with Gasteiger partial charge in [0.05, 0.1) is 24.4 Å². The molecule has 4 atom stereocenters. The number of Topliss-reactive ketones (excluding diaryl/α,β-unsaturated/α-hetero) is 1. The molecule has 2 fully saturated rings. The van der Waals surface area contributed by atoms with E-state index in [1.54, 1.807) is 0 Å². The molecule has 2 aromatic carbocycles. The monoisotopic (exact) mass is 414 g/mol. The van der Waals surface area contributed by atoms with Crippen molar-refractivity contribution in [2.45, 2.75) is 39.4 Å². The third-order valence-corrected chi connectivity index (χ3v) is 6.74. The molecule has 0 bridgehead atoms. The maximum Gasteiger partial charge on any atom is 0.236 e. The number of fused-ring (bicyclic) bond motifs is 5. The first-order valence-corrected chi connectivity index (χ1v) is 10.8. The summed E-state index contributed by atoms with van der Waals surface area (Å²) in [6, 6.07) is 16.5. The number of amides is 2. The van der Waals surface area contributed by atoms with Crippen molar-refractivity contribution in [3.8, 4) is 0 Å². The summed E-state index contributed by atoms with van der Waals surface area (Å²) in [6.45, 7) is 5.87. The van der Waals surface area contributed by atoms with E-state index in [0.29, 0.717) is 0 Å². The Balaban J connectivity index is 1.60. The Morgan fingerprint density at radius 3 is 2.26 bits per heavy atom. The minimum absolute atomic E-state index is 0.00302. The number of imide groups is 1. The number of carbonyl (C=O) groups excluding carboxylic acids is 3. The van der Waals surface area contributed by atoms with Crippen LogP contribution in [0.1, 0.15) is 43.5 Å². The fourth-order valence-electron chi connectivity index (χ4n) is 5.28. The van der Waals surface area contributed by atoms with Gasteiger partial charge in [-0.2, -0.15) is 0 Å². The summed E-state index contributed by atoms with van der Waals surface area (Å²) in [4.78, 5) is 44.1. The van der Waals surface area contributed by atoms with Gasteiger partial charge in [0.25, 0.3) is 0 Å². The first-order chi connectivity index (χ1) is 14.8. The number of ketones is 1. The Labute approximate surface area is 182 Å². The molecule has 0 unspecified atom stereocenters. The van der Waals surface area contributed by atoms with Crippen molar-refractivity contribution in [2.24, 2.45) is 17.3 Å². The minimum atomic E-state index is -0.663. The quantitative estimate of drug-likeness (QED) is 0.717. The van der Waals surface area contributed by atoms with Crippen molar-refractivity contribution in [3.05, 3.63) is 77.5 Å². The lowest BCUT2D eigenvalue weighted by Gasteiger charge is -2.37. The fourth-order valence-corrected chi connectivity index (χ4v) is 5.28. The van der Waals surface area contributed by atoms with Crippen LogP contribution >= 0.6 is 0 Å². The molecule has 5 rings (SSSR count). The maximum absolute atomic E-state index is 13.6. The number of benzene rings is 2. The summed E-state index contributed by atoms with van der Waals surface area (Å²) in [7, 11) is 0. The maximum atomic E-state index is 13.6. The lowest BCUT2D eigenvalue weighted by Crippen LogP contribution is -2.47. The Hall–Kier alpha value is -3.21. The van der Waals surface area contributed by atoms with Crippen LogP contribution in [-0.4, -0.2) is 33.4 Å². The second-order valence-corrected chi connectivity index (χ2v) is 9.70. The van der Waals surface area contributed by atoms with Gasteiger partial charge in [0.2, 0.25) is 11.8 Å². The van der Waals surface area contributed by atoms with Crippen LogP contribution in [0.5, 0.6) is 0 Å². The van der Waals surface area contributed by atoms with Gasteiger partial charge in [-0.1, -0.05) is 75.4 Å². The third kappa shape index (κ3) is 2.94. The topological polar surface area (TPSA) is 57.7 Å². The first kappa shape index (κ1) is 19.7. The standard InChI is InChI=1S/C26H26N2O3/c1-26(2,3)23(29)22-20-19(21-18-12-8-7-11-17(18)13-14-27(21)22)24(30)28(25(20)31)15-16-9-5-4-6-10-16/h4-14,19-22H,15H2,1-3H3/t19-,20+,21+,22+/m0/s1. The van der Waals surface area contributed by atoms with Crippen LogP contribution in [0.4, 0.5) is 0 Å². The van der Waals surface area contributed by atoms with Crippen LogP contribution in [0.15, 0.2) is 60.8 Å². The Morgan fingerprint density at radius 1 is 0.903 bits per heavy atom. The summed E-state index contributed by atoms with van der Waals surface area (Å²) < 4.78 is 0. The predicted octanol–water partition coefficient (Wildman–Crippen LogP) is 3.81. The first-order valence-electron chi connectivity index (χ1n) is 10.8. The van der Waals surface area contributed by atoms with Gasteiger partial charge in [-0.05, 0) is 22.8 Å². The molecule has 0 aromatic heterocycles. The molecule has 0 saturated carbocycles. The number of nitrogens with zero attached hydrogens (tertiary/aromatic N) is 2. The highest BCUT2D eigenvalue weighted by Gasteiger charge is 2.64. The van der Waals surface area contributed by atoms with E-state index in [2.05, 4.69) is 0 Å². The molecule has 5 heteroatoms.